The van der Waals surface area contributed by atoms with Gasteiger partial charge in [0, 0.05) is 32.3 Å². The van der Waals surface area contributed by atoms with E-state index in [-0.39, 0.29) is 0 Å². The van der Waals surface area contributed by atoms with Gasteiger partial charge in [0.25, 0.3) is 0 Å². The minimum atomic E-state index is 0.745. The molecule has 0 unspecified atom stereocenters. The molecule has 5 heteroatoms. The summed E-state index contributed by atoms with van der Waals surface area (Å²) in [5.74, 6) is 0.855. The van der Waals surface area contributed by atoms with Crippen LogP contribution in [0.5, 0.6) is 0 Å². The topological polar surface area (TPSA) is 38.9 Å². The largest absolute Gasteiger partial charge is 0.399 e. The van der Waals surface area contributed by atoms with E-state index >= 15 is 0 Å². The highest BCUT2D eigenvalue weighted by Crippen LogP contribution is 2.28. The van der Waals surface area contributed by atoms with Gasteiger partial charge in [-0.05, 0) is 36.4 Å². The maximum atomic E-state index is 5.90. The van der Waals surface area contributed by atoms with Gasteiger partial charge in [-0.15, -0.1) is 23.1 Å². The zero-order chi connectivity index (χ0) is 14.7. The molecule has 21 heavy (non-hydrogen) atoms. The molecule has 0 saturated carbocycles. The summed E-state index contributed by atoms with van der Waals surface area (Å²) in [4.78, 5) is 5.87. The Bertz CT molecular complexity index is 721. The van der Waals surface area contributed by atoms with Crippen LogP contribution in [-0.2, 0) is 5.75 Å². The van der Waals surface area contributed by atoms with Crippen LogP contribution in [0.2, 0.25) is 5.02 Å². The Hall–Kier alpha value is -1.49. The number of nitrogens with zero attached hydrogens (tertiary/aromatic N) is 1. The first kappa shape index (κ1) is 14.4. The SMILES string of the molecule is Nc1ccc(SCc2csc(-c3ccc(Cl)cc3)n2)cc1. The van der Waals surface area contributed by atoms with E-state index in [1.54, 1.807) is 23.1 Å². The molecule has 0 fully saturated rings. The van der Waals surface area contributed by atoms with Gasteiger partial charge < -0.3 is 5.73 Å². The van der Waals surface area contributed by atoms with Crippen molar-refractivity contribution in [3.8, 4) is 10.6 Å². The van der Waals surface area contributed by atoms with Gasteiger partial charge in [-0.3, -0.25) is 0 Å². The van der Waals surface area contributed by atoms with E-state index in [1.165, 1.54) is 4.90 Å². The summed E-state index contributed by atoms with van der Waals surface area (Å²) in [7, 11) is 0. The second-order valence-corrected chi connectivity index (χ2v) is 6.85. The second kappa shape index (κ2) is 6.52. The summed E-state index contributed by atoms with van der Waals surface area (Å²) >= 11 is 9.32. The number of benzene rings is 2. The lowest BCUT2D eigenvalue weighted by atomic mass is 10.2. The fraction of sp³-hybridized carbons (Fsp3) is 0.0625. The summed E-state index contributed by atoms with van der Waals surface area (Å²) in [5, 5.41) is 3.88. The van der Waals surface area contributed by atoms with Gasteiger partial charge >= 0.3 is 0 Å². The van der Waals surface area contributed by atoms with Gasteiger partial charge in [0.2, 0.25) is 0 Å². The van der Waals surface area contributed by atoms with Gasteiger partial charge in [0.1, 0.15) is 5.01 Å². The van der Waals surface area contributed by atoms with E-state index in [0.29, 0.717) is 0 Å². The number of aromatic nitrogens is 1. The second-order valence-electron chi connectivity index (χ2n) is 4.51. The monoisotopic (exact) mass is 332 g/mol. The molecule has 2 nitrogen and oxygen atoms in total. The van der Waals surface area contributed by atoms with Crippen molar-refractivity contribution in [2.45, 2.75) is 10.6 Å². The van der Waals surface area contributed by atoms with Crippen molar-refractivity contribution in [1.29, 1.82) is 0 Å². The number of nitrogens with two attached hydrogens (primary N) is 1. The van der Waals surface area contributed by atoms with Crippen LogP contribution < -0.4 is 5.73 Å². The minimum absolute atomic E-state index is 0.745. The summed E-state index contributed by atoms with van der Waals surface area (Å²) in [6.07, 6.45) is 0. The molecule has 1 heterocycles. The van der Waals surface area contributed by atoms with Crippen LogP contribution in [0.15, 0.2) is 58.8 Å². The third kappa shape index (κ3) is 3.79. The molecule has 1 aromatic heterocycles. The average Bonchev–Trinajstić information content (AvgIpc) is 2.96. The zero-order valence-corrected chi connectivity index (χ0v) is 13.5. The van der Waals surface area contributed by atoms with Crippen molar-refractivity contribution in [2.75, 3.05) is 5.73 Å². The molecule has 0 atom stereocenters. The summed E-state index contributed by atoms with van der Waals surface area (Å²) < 4.78 is 0. The first-order valence-electron chi connectivity index (χ1n) is 6.39. The molecule has 0 saturated heterocycles. The number of nitrogen functional groups attached to an aromatic ring is 1. The first-order chi connectivity index (χ1) is 10.2. The number of hydrogen-bond donors (Lipinski definition) is 1. The van der Waals surface area contributed by atoms with E-state index < -0.39 is 0 Å². The van der Waals surface area contributed by atoms with Crippen LogP contribution in [0, 0.1) is 0 Å². The lowest BCUT2D eigenvalue weighted by molar-refractivity contribution is 1.23. The van der Waals surface area contributed by atoms with Crippen LogP contribution in [0.4, 0.5) is 5.69 Å². The Labute approximate surface area is 137 Å². The normalized spacial score (nSPS) is 10.7. The molecular formula is C16H13ClN2S2. The molecule has 0 radical (unpaired) electrons. The molecule has 0 aliphatic rings. The summed E-state index contributed by atoms with van der Waals surface area (Å²) in [6.45, 7) is 0. The molecule has 0 spiro atoms. The van der Waals surface area contributed by atoms with Crippen molar-refractivity contribution in [1.82, 2.24) is 4.98 Å². The lowest BCUT2D eigenvalue weighted by Gasteiger charge is -2.00. The van der Waals surface area contributed by atoms with Gasteiger partial charge in [0.15, 0.2) is 0 Å². The number of hydrogen-bond acceptors (Lipinski definition) is 4. The number of rotatable bonds is 4. The molecule has 2 N–H and O–H groups in total. The van der Waals surface area contributed by atoms with E-state index in [9.17, 15) is 0 Å². The highest BCUT2D eigenvalue weighted by Gasteiger charge is 2.05. The summed E-state index contributed by atoms with van der Waals surface area (Å²) in [5.41, 5.74) is 8.67. The summed E-state index contributed by atoms with van der Waals surface area (Å²) in [6, 6.07) is 15.7. The first-order valence-corrected chi connectivity index (χ1v) is 8.64. The minimum Gasteiger partial charge on any atom is -0.399 e. The van der Waals surface area contributed by atoms with Crippen molar-refractivity contribution >= 4 is 40.4 Å². The van der Waals surface area contributed by atoms with Gasteiger partial charge in [-0.25, -0.2) is 4.98 Å². The molecule has 106 valence electrons. The van der Waals surface area contributed by atoms with Crippen molar-refractivity contribution < 1.29 is 0 Å². The standard InChI is InChI=1S/C16H13ClN2S2/c17-12-3-1-11(2-4-12)16-19-14(10-21-16)9-20-15-7-5-13(18)6-8-15/h1-8,10H,9,18H2. The van der Waals surface area contributed by atoms with Gasteiger partial charge in [0.05, 0.1) is 5.69 Å². The molecular weight excluding hydrogens is 320 g/mol. The Kier molecular flexibility index (Phi) is 4.48. The van der Waals surface area contributed by atoms with E-state index in [2.05, 4.69) is 10.4 Å². The number of thiazole rings is 1. The van der Waals surface area contributed by atoms with E-state index in [0.717, 1.165) is 32.7 Å². The lowest BCUT2D eigenvalue weighted by Crippen LogP contribution is -1.84. The fourth-order valence-electron chi connectivity index (χ4n) is 1.82. The number of thioether (sulfide) groups is 1. The van der Waals surface area contributed by atoms with Crippen molar-refractivity contribution in [3.63, 3.8) is 0 Å². The highest BCUT2D eigenvalue weighted by atomic mass is 35.5. The molecule has 3 rings (SSSR count). The van der Waals surface area contributed by atoms with Crippen molar-refractivity contribution in [3.05, 3.63) is 64.6 Å². The molecule has 2 aromatic carbocycles. The van der Waals surface area contributed by atoms with Crippen LogP contribution in [-0.4, -0.2) is 4.98 Å². The van der Waals surface area contributed by atoms with E-state index in [1.807, 2.05) is 48.5 Å². The average molecular weight is 333 g/mol. The molecule has 0 amide bonds. The molecule has 3 aromatic rings. The van der Waals surface area contributed by atoms with Crippen LogP contribution in [0.1, 0.15) is 5.69 Å². The van der Waals surface area contributed by atoms with Crippen LogP contribution >= 0.6 is 34.7 Å². The predicted molar refractivity (Wildman–Crippen MR) is 93.0 cm³/mol. The fourth-order valence-corrected chi connectivity index (χ4v) is 3.67. The Morgan fingerprint density at radius 3 is 2.48 bits per heavy atom. The zero-order valence-electron chi connectivity index (χ0n) is 11.1. The maximum absolute atomic E-state index is 5.90. The van der Waals surface area contributed by atoms with Crippen LogP contribution in [0.3, 0.4) is 0 Å². The quantitative estimate of drug-likeness (QED) is 0.518. The van der Waals surface area contributed by atoms with Gasteiger partial charge in [-0.1, -0.05) is 23.7 Å². The number of halogens is 1. The highest BCUT2D eigenvalue weighted by molar-refractivity contribution is 7.98. The Morgan fingerprint density at radius 2 is 1.76 bits per heavy atom. The molecule has 0 aliphatic carbocycles. The maximum Gasteiger partial charge on any atom is 0.123 e. The molecule has 0 aliphatic heterocycles. The number of anilines is 1. The Morgan fingerprint density at radius 1 is 1.05 bits per heavy atom. The van der Waals surface area contributed by atoms with Crippen molar-refractivity contribution in [2.24, 2.45) is 0 Å². The predicted octanol–water partition coefficient (Wildman–Crippen LogP) is 5.34. The smallest absolute Gasteiger partial charge is 0.123 e. The molecule has 0 bridgehead atoms. The third-order valence-electron chi connectivity index (χ3n) is 2.91. The third-order valence-corrected chi connectivity index (χ3v) is 5.15. The Balaban J connectivity index is 1.67. The van der Waals surface area contributed by atoms with E-state index in [4.69, 9.17) is 17.3 Å². The van der Waals surface area contributed by atoms with Crippen LogP contribution in [0.25, 0.3) is 10.6 Å². The van der Waals surface area contributed by atoms with Gasteiger partial charge in [-0.2, -0.15) is 0 Å².